The van der Waals surface area contributed by atoms with Crippen molar-refractivity contribution in [2.45, 2.75) is 38.1 Å². The lowest BCUT2D eigenvalue weighted by Crippen LogP contribution is -2.49. The van der Waals surface area contributed by atoms with Crippen molar-refractivity contribution in [1.82, 2.24) is 15.5 Å². The molecule has 14 heavy (non-hydrogen) atoms. The molecule has 0 unspecified atom stereocenters. The number of piperidine rings is 2. The fraction of sp³-hybridized carbons (Fsp3) is 0.800. The molecule has 3 heterocycles. The van der Waals surface area contributed by atoms with E-state index in [1.54, 1.807) is 0 Å². The molecule has 1 aromatic heterocycles. The molecule has 0 amide bonds. The Morgan fingerprint density at radius 1 is 1.43 bits per heavy atom. The predicted octanol–water partition coefficient (Wildman–Crippen LogP) is 1.23. The van der Waals surface area contributed by atoms with Crippen LogP contribution in [0, 0.1) is 12.8 Å². The molecule has 3 aliphatic rings. The lowest BCUT2D eigenvalue weighted by molar-refractivity contribution is 0.158. The van der Waals surface area contributed by atoms with Crippen molar-refractivity contribution in [2.75, 3.05) is 6.54 Å². The molecule has 0 radical (unpaired) electrons. The largest absolute Gasteiger partial charge is 0.339 e. The summed E-state index contributed by atoms with van der Waals surface area (Å²) in [4.78, 5) is 4.34. The number of rotatable bonds is 1. The lowest BCUT2D eigenvalue weighted by Gasteiger charge is -2.41. The van der Waals surface area contributed by atoms with Gasteiger partial charge in [-0.15, -0.1) is 0 Å². The summed E-state index contributed by atoms with van der Waals surface area (Å²) < 4.78 is 5.26. The molecule has 2 aliphatic heterocycles. The minimum Gasteiger partial charge on any atom is -0.339 e. The summed E-state index contributed by atoms with van der Waals surface area (Å²) in [7, 11) is 0. The first-order valence-corrected chi connectivity index (χ1v) is 5.36. The van der Waals surface area contributed by atoms with Crippen LogP contribution < -0.4 is 5.32 Å². The highest BCUT2D eigenvalue weighted by molar-refractivity contribution is 5.05. The standard InChI is InChI=1S/C10H15N3O/c1-6-12-10(14-13-6)8-4-7-2-3-9(8)11-5-7/h7-9,11H,2-5H2,1H3/t7-,8-,9+/m1/s1. The van der Waals surface area contributed by atoms with E-state index >= 15 is 0 Å². The second-order valence-electron chi connectivity index (χ2n) is 4.48. The number of aromatic nitrogens is 2. The van der Waals surface area contributed by atoms with E-state index in [1.165, 1.54) is 25.8 Å². The van der Waals surface area contributed by atoms with E-state index in [1.807, 2.05) is 6.92 Å². The summed E-state index contributed by atoms with van der Waals surface area (Å²) in [5, 5.41) is 7.41. The molecular formula is C10H15N3O. The highest BCUT2D eigenvalue weighted by atomic mass is 16.5. The summed E-state index contributed by atoms with van der Waals surface area (Å²) in [5.74, 6) is 2.87. The molecule has 0 aromatic carbocycles. The molecule has 0 spiro atoms. The third kappa shape index (κ3) is 1.25. The van der Waals surface area contributed by atoms with E-state index < -0.39 is 0 Å². The van der Waals surface area contributed by atoms with Gasteiger partial charge in [0.1, 0.15) is 0 Å². The van der Waals surface area contributed by atoms with Crippen molar-refractivity contribution in [3.63, 3.8) is 0 Å². The molecule has 3 atom stereocenters. The van der Waals surface area contributed by atoms with Gasteiger partial charge in [0.2, 0.25) is 5.89 Å². The number of fused-ring (bicyclic) bond motifs is 3. The maximum absolute atomic E-state index is 5.26. The van der Waals surface area contributed by atoms with Crippen LogP contribution in [-0.2, 0) is 0 Å². The second-order valence-corrected chi connectivity index (χ2v) is 4.48. The number of nitrogens with one attached hydrogen (secondary N) is 1. The molecule has 1 aromatic rings. The summed E-state index contributed by atoms with van der Waals surface area (Å²) in [5.41, 5.74) is 0. The fourth-order valence-electron chi connectivity index (χ4n) is 2.74. The highest BCUT2D eigenvalue weighted by Crippen LogP contribution is 2.39. The van der Waals surface area contributed by atoms with Gasteiger partial charge in [-0.1, -0.05) is 5.16 Å². The summed E-state index contributed by atoms with van der Waals surface area (Å²) >= 11 is 0. The minimum absolute atomic E-state index is 0.462. The van der Waals surface area contributed by atoms with E-state index in [-0.39, 0.29) is 0 Å². The third-order valence-corrected chi connectivity index (χ3v) is 3.49. The maximum Gasteiger partial charge on any atom is 0.231 e. The van der Waals surface area contributed by atoms with Gasteiger partial charge in [-0.25, -0.2) is 0 Å². The van der Waals surface area contributed by atoms with Crippen LogP contribution >= 0.6 is 0 Å². The molecule has 4 nitrogen and oxygen atoms in total. The molecule has 2 saturated heterocycles. The van der Waals surface area contributed by atoms with Gasteiger partial charge < -0.3 is 9.84 Å². The van der Waals surface area contributed by atoms with Gasteiger partial charge in [0.25, 0.3) is 0 Å². The molecule has 1 aliphatic carbocycles. The molecule has 1 saturated carbocycles. The SMILES string of the molecule is Cc1noc([C@@H]2C[C@H]3CC[C@@H]2NC3)n1. The summed E-state index contributed by atoms with van der Waals surface area (Å²) in [6, 6.07) is 0.569. The van der Waals surface area contributed by atoms with Crippen LogP contribution in [0.1, 0.15) is 36.9 Å². The van der Waals surface area contributed by atoms with Crippen LogP contribution in [0.2, 0.25) is 0 Å². The average Bonchev–Trinajstić information content (AvgIpc) is 2.66. The molecule has 2 bridgehead atoms. The highest BCUT2D eigenvalue weighted by Gasteiger charge is 2.38. The topological polar surface area (TPSA) is 51.0 Å². The smallest absolute Gasteiger partial charge is 0.231 e. The summed E-state index contributed by atoms with van der Waals surface area (Å²) in [6.07, 6.45) is 3.84. The minimum atomic E-state index is 0.462. The van der Waals surface area contributed by atoms with Crippen molar-refractivity contribution in [1.29, 1.82) is 0 Å². The van der Waals surface area contributed by atoms with Crippen LogP contribution in [0.15, 0.2) is 4.52 Å². The van der Waals surface area contributed by atoms with Gasteiger partial charge >= 0.3 is 0 Å². The number of aryl methyl sites for hydroxylation is 1. The molecule has 4 heteroatoms. The normalized spacial score (nSPS) is 36.2. The van der Waals surface area contributed by atoms with Gasteiger partial charge in [-0.3, -0.25) is 0 Å². The third-order valence-electron chi connectivity index (χ3n) is 3.49. The molecule has 1 N–H and O–H groups in total. The average molecular weight is 193 g/mol. The van der Waals surface area contributed by atoms with Crippen LogP contribution in [0.4, 0.5) is 0 Å². The molecule has 4 rings (SSSR count). The second kappa shape index (κ2) is 3.05. The van der Waals surface area contributed by atoms with Gasteiger partial charge in [0, 0.05) is 6.04 Å². The van der Waals surface area contributed by atoms with Gasteiger partial charge in [-0.05, 0) is 38.6 Å². The fourth-order valence-corrected chi connectivity index (χ4v) is 2.74. The summed E-state index contributed by atoms with van der Waals surface area (Å²) in [6.45, 7) is 3.05. The number of nitrogens with zero attached hydrogens (tertiary/aromatic N) is 2. The van der Waals surface area contributed by atoms with Crippen molar-refractivity contribution in [2.24, 2.45) is 5.92 Å². The zero-order valence-corrected chi connectivity index (χ0v) is 8.36. The number of hydrogen-bond acceptors (Lipinski definition) is 4. The first-order chi connectivity index (χ1) is 6.83. The Balaban J connectivity index is 1.85. The predicted molar refractivity (Wildman–Crippen MR) is 50.9 cm³/mol. The van der Waals surface area contributed by atoms with E-state index in [4.69, 9.17) is 4.52 Å². The Morgan fingerprint density at radius 2 is 2.36 bits per heavy atom. The van der Waals surface area contributed by atoms with E-state index in [9.17, 15) is 0 Å². The van der Waals surface area contributed by atoms with Gasteiger partial charge in [-0.2, -0.15) is 4.98 Å². The Morgan fingerprint density at radius 3 is 2.86 bits per heavy atom. The van der Waals surface area contributed by atoms with Crippen molar-refractivity contribution in [3.05, 3.63) is 11.7 Å². The van der Waals surface area contributed by atoms with E-state index in [0.29, 0.717) is 12.0 Å². The van der Waals surface area contributed by atoms with Crippen molar-refractivity contribution in [3.8, 4) is 0 Å². The quantitative estimate of drug-likeness (QED) is 0.729. The molecule has 3 fully saturated rings. The monoisotopic (exact) mass is 193 g/mol. The van der Waals surface area contributed by atoms with Crippen LogP contribution in [0.3, 0.4) is 0 Å². The van der Waals surface area contributed by atoms with Gasteiger partial charge in [0.05, 0.1) is 5.92 Å². The molecule has 76 valence electrons. The first-order valence-electron chi connectivity index (χ1n) is 5.36. The zero-order valence-electron chi connectivity index (χ0n) is 8.36. The first kappa shape index (κ1) is 8.41. The lowest BCUT2D eigenvalue weighted by atomic mass is 9.74. The van der Waals surface area contributed by atoms with Crippen LogP contribution in [0.25, 0.3) is 0 Å². The van der Waals surface area contributed by atoms with Crippen molar-refractivity contribution < 1.29 is 4.52 Å². The van der Waals surface area contributed by atoms with E-state index in [0.717, 1.165) is 17.6 Å². The van der Waals surface area contributed by atoms with Crippen LogP contribution in [-0.4, -0.2) is 22.7 Å². The zero-order chi connectivity index (χ0) is 9.54. The number of hydrogen-bond donors (Lipinski definition) is 1. The van der Waals surface area contributed by atoms with Gasteiger partial charge in [0.15, 0.2) is 5.82 Å². The van der Waals surface area contributed by atoms with Crippen molar-refractivity contribution >= 4 is 0 Å². The Labute approximate surface area is 83.1 Å². The van der Waals surface area contributed by atoms with E-state index in [2.05, 4.69) is 15.5 Å². The Kier molecular flexibility index (Phi) is 1.83. The Bertz CT molecular complexity index is 328. The maximum atomic E-state index is 5.26. The van der Waals surface area contributed by atoms with Crippen LogP contribution in [0.5, 0.6) is 0 Å². The molecular weight excluding hydrogens is 178 g/mol. The Hall–Kier alpha value is -0.900.